The first kappa shape index (κ1) is 10.6. The lowest BCUT2D eigenvalue weighted by atomic mass is 9.89. The number of hydrogen-bond acceptors (Lipinski definition) is 4. The Labute approximate surface area is 109 Å². The Kier molecular flexibility index (Phi) is 1.98. The smallest absolute Gasteiger partial charge is 0.138 e. The van der Waals surface area contributed by atoms with Gasteiger partial charge in [0.15, 0.2) is 0 Å². The van der Waals surface area contributed by atoms with Crippen LogP contribution in [0.4, 0.5) is 0 Å². The van der Waals surface area contributed by atoms with Crippen LogP contribution in [0, 0.1) is 0 Å². The fourth-order valence-electron chi connectivity index (χ4n) is 2.83. The van der Waals surface area contributed by atoms with Crippen molar-refractivity contribution in [2.75, 3.05) is 6.61 Å². The van der Waals surface area contributed by atoms with Gasteiger partial charge in [-0.15, -0.1) is 0 Å². The second-order valence-electron chi connectivity index (χ2n) is 4.90. The summed E-state index contributed by atoms with van der Waals surface area (Å²) >= 11 is 0. The molecule has 0 saturated heterocycles. The zero-order valence-electron chi connectivity index (χ0n) is 10.0. The van der Waals surface area contributed by atoms with Crippen LogP contribution in [0.25, 0.3) is 0 Å². The van der Waals surface area contributed by atoms with Gasteiger partial charge in [0.25, 0.3) is 0 Å². The van der Waals surface area contributed by atoms with Gasteiger partial charge in [-0.1, -0.05) is 6.07 Å². The number of benzene rings is 2. The summed E-state index contributed by atoms with van der Waals surface area (Å²) < 4.78 is 11.6. The van der Waals surface area contributed by atoms with Crippen LogP contribution in [-0.4, -0.2) is 16.8 Å². The third-order valence-electron chi connectivity index (χ3n) is 3.74. The Morgan fingerprint density at radius 1 is 0.895 bits per heavy atom. The third kappa shape index (κ3) is 1.46. The predicted octanol–water partition coefficient (Wildman–Crippen LogP) is 2.71. The molecule has 0 radical (unpaired) electrons. The fourth-order valence-corrected chi connectivity index (χ4v) is 2.83. The molecule has 0 spiro atoms. The summed E-state index contributed by atoms with van der Waals surface area (Å²) in [5.41, 5.74) is 1.99. The topological polar surface area (TPSA) is 58.9 Å². The average Bonchev–Trinajstić information content (AvgIpc) is 2.75. The van der Waals surface area contributed by atoms with E-state index in [1.54, 1.807) is 24.3 Å². The number of aromatic hydroxyl groups is 2. The van der Waals surface area contributed by atoms with E-state index in [1.807, 2.05) is 12.1 Å². The Balaban J connectivity index is 1.81. The molecule has 0 saturated carbocycles. The van der Waals surface area contributed by atoms with Crippen LogP contribution in [0.15, 0.2) is 36.4 Å². The van der Waals surface area contributed by atoms with Gasteiger partial charge in [0.1, 0.15) is 29.1 Å². The molecule has 2 atom stereocenters. The van der Waals surface area contributed by atoms with Crippen molar-refractivity contribution in [3.05, 3.63) is 47.5 Å². The van der Waals surface area contributed by atoms with Gasteiger partial charge in [-0.2, -0.15) is 0 Å². The van der Waals surface area contributed by atoms with Crippen LogP contribution in [0.2, 0.25) is 0 Å². The van der Waals surface area contributed by atoms with Gasteiger partial charge in [0.05, 0.1) is 12.5 Å². The minimum atomic E-state index is -0.110. The van der Waals surface area contributed by atoms with Crippen molar-refractivity contribution in [2.24, 2.45) is 0 Å². The van der Waals surface area contributed by atoms with Crippen molar-refractivity contribution in [3.63, 3.8) is 0 Å². The van der Waals surface area contributed by atoms with Crippen LogP contribution in [-0.2, 0) is 0 Å². The molecule has 2 heterocycles. The lowest BCUT2D eigenvalue weighted by Crippen LogP contribution is -2.22. The number of hydrogen-bond donors (Lipinski definition) is 2. The van der Waals surface area contributed by atoms with Gasteiger partial charge < -0.3 is 19.7 Å². The van der Waals surface area contributed by atoms with Gasteiger partial charge in [-0.05, 0) is 18.2 Å². The summed E-state index contributed by atoms with van der Waals surface area (Å²) in [6.07, 6.45) is -0.110. The summed E-state index contributed by atoms with van der Waals surface area (Å²) in [4.78, 5) is 0. The van der Waals surface area contributed by atoms with Crippen molar-refractivity contribution >= 4 is 0 Å². The van der Waals surface area contributed by atoms with Gasteiger partial charge in [0.2, 0.25) is 0 Å². The summed E-state index contributed by atoms with van der Waals surface area (Å²) in [6.45, 7) is 0.513. The maximum Gasteiger partial charge on any atom is 0.138 e. The highest BCUT2D eigenvalue weighted by Gasteiger charge is 2.40. The molecule has 0 aliphatic carbocycles. The maximum absolute atomic E-state index is 9.52. The minimum Gasteiger partial charge on any atom is -0.508 e. The number of phenols is 2. The normalized spacial score (nSPS) is 22.7. The predicted molar refractivity (Wildman–Crippen MR) is 67.8 cm³/mol. The molecule has 2 aromatic carbocycles. The molecule has 4 heteroatoms. The Hall–Kier alpha value is -2.36. The highest BCUT2D eigenvalue weighted by Crippen LogP contribution is 2.51. The monoisotopic (exact) mass is 256 g/mol. The summed E-state index contributed by atoms with van der Waals surface area (Å²) in [5.74, 6) is 1.89. The molecule has 4 rings (SSSR count). The van der Waals surface area contributed by atoms with Crippen LogP contribution in [0.5, 0.6) is 23.0 Å². The molecule has 0 unspecified atom stereocenters. The summed E-state index contributed by atoms with van der Waals surface area (Å²) in [7, 11) is 0. The molecule has 2 aliphatic rings. The number of phenolic OH excluding ortho intramolecular Hbond substituents is 2. The Morgan fingerprint density at radius 2 is 1.58 bits per heavy atom. The van der Waals surface area contributed by atoms with Gasteiger partial charge >= 0.3 is 0 Å². The fraction of sp³-hybridized carbons (Fsp3) is 0.200. The Bertz CT molecular complexity index is 665. The molecule has 19 heavy (non-hydrogen) atoms. The molecular formula is C15H12O4. The molecule has 0 aromatic heterocycles. The second kappa shape index (κ2) is 3.57. The van der Waals surface area contributed by atoms with Crippen LogP contribution in [0.3, 0.4) is 0 Å². The van der Waals surface area contributed by atoms with Crippen LogP contribution < -0.4 is 9.47 Å². The quantitative estimate of drug-likeness (QED) is 0.761. The zero-order chi connectivity index (χ0) is 13.0. The van der Waals surface area contributed by atoms with E-state index in [9.17, 15) is 10.2 Å². The first-order valence-corrected chi connectivity index (χ1v) is 6.17. The van der Waals surface area contributed by atoms with E-state index < -0.39 is 0 Å². The van der Waals surface area contributed by atoms with Gasteiger partial charge in [-0.3, -0.25) is 0 Å². The molecule has 0 fully saturated rings. The second-order valence-corrected chi connectivity index (χ2v) is 4.90. The molecule has 2 aliphatic heterocycles. The third-order valence-corrected chi connectivity index (χ3v) is 3.74. The van der Waals surface area contributed by atoms with Crippen LogP contribution in [0.1, 0.15) is 23.1 Å². The van der Waals surface area contributed by atoms with E-state index in [0.29, 0.717) is 18.1 Å². The molecular weight excluding hydrogens is 244 g/mol. The molecule has 96 valence electrons. The van der Waals surface area contributed by atoms with E-state index in [4.69, 9.17) is 9.47 Å². The average molecular weight is 256 g/mol. The van der Waals surface area contributed by atoms with Crippen LogP contribution >= 0.6 is 0 Å². The summed E-state index contributed by atoms with van der Waals surface area (Å²) in [6, 6.07) is 10.2. The largest absolute Gasteiger partial charge is 0.508 e. The number of ether oxygens (including phenoxy) is 2. The van der Waals surface area contributed by atoms with Crippen molar-refractivity contribution in [1.29, 1.82) is 0 Å². The maximum atomic E-state index is 9.52. The van der Waals surface area contributed by atoms with E-state index >= 15 is 0 Å². The standard InChI is InChI=1S/C15H12O4/c16-8-2-4-11-13(5-8)18-7-12-10-3-1-9(17)6-14(10)19-15(11)12/h1-6,12,15-17H,7H2/t12-,15-/m0/s1. The zero-order valence-corrected chi connectivity index (χ0v) is 10.0. The molecule has 0 amide bonds. The minimum absolute atomic E-state index is 0.110. The first-order valence-electron chi connectivity index (χ1n) is 6.17. The Morgan fingerprint density at radius 3 is 2.37 bits per heavy atom. The highest BCUT2D eigenvalue weighted by molar-refractivity contribution is 5.52. The lowest BCUT2D eigenvalue weighted by Gasteiger charge is -2.27. The lowest BCUT2D eigenvalue weighted by molar-refractivity contribution is 0.139. The van der Waals surface area contributed by atoms with Crippen molar-refractivity contribution in [2.45, 2.75) is 12.0 Å². The SMILES string of the molecule is Oc1ccc2c(c1)O[C@H]1c3ccc(O)cc3OC[C@@H]21. The van der Waals surface area contributed by atoms with E-state index in [2.05, 4.69) is 0 Å². The van der Waals surface area contributed by atoms with Crippen molar-refractivity contribution in [1.82, 2.24) is 0 Å². The highest BCUT2D eigenvalue weighted by atomic mass is 16.5. The first-order chi connectivity index (χ1) is 9.22. The molecule has 2 N–H and O–H groups in total. The van der Waals surface area contributed by atoms with E-state index in [-0.39, 0.29) is 23.5 Å². The summed E-state index contributed by atoms with van der Waals surface area (Å²) in [5, 5.41) is 19.0. The van der Waals surface area contributed by atoms with Crippen molar-refractivity contribution < 1.29 is 19.7 Å². The molecule has 2 aromatic rings. The van der Waals surface area contributed by atoms with E-state index in [0.717, 1.165) is 11.1 Å². The molecule has 0 bridgehead atoms. The molecule has 4 nitrogen and oxygen atoms in total. The number of fused-ring (bicyclic) bond motifs is 5. The number of rotatable bonds is 0. The van der Waals surface area contributed by atoms with Gasteiger partial charge in [-0.25, -0.2) is 0 Å². The van der Waals surface area contributed by atoms with E-state index in [1.165, 1.54) is 0 Å². The van der Waals surface area contributed by atoms with Crippen molar-refractivity contribution in [3.8, 4) is 23.0 Å². The van der Waals surface area contributed by atoms with Gasteiger partial charge in [0, 0.05) is 23.3 Å².